The summed E-state index contributed by atoms with van der Waals surface area (Å²) in [4.78, 5) is 12.0. The second-order valence-electron chi connectivity index (χ2n) is 5.63. The molecule has 0 radical (unpaired) electrons. The molecule has 0 heterocycles. The van der Waals surface area contributed by atoms with Crippen molar-refractivity contribution in [2.45, 2.75) is 39.0 Å². The molecule has 0 bridgehead atoms. The molecule has 0 atom stereocenters. The summed E-state index contributed by atoms with van der Waals surface area (Å²) < 4.78 is 13.8. The van der Waals surface area contributed by atoms with Crippen LogP contribution in [0.5, 0.6) is 0 Å². The van der Waals surface area contributed by atoms with Gasteiger partial charge in [-0.15, -0.1) is 0 Å². The van der Waals surface area contributed by atoms with E-state index in [0.29, 0.717) is 22.5 Å². The van der Waals surface area contributed by atoms with Crippen LogP contribution in [0.15, 0.2) is 22.7 Å². The van der Waals surface area contributed by atoms with Crippen molar-refractivity contribution in [2.24, 2.45) is 11.8 Å². The number of amides is 1. The molecule has 1 aromatic rings. The predicted molar refractivity (Wildman–Crippen MR) is 82.2 cm³/mol. The van der Waals surface area contributed by atoms with Crippen LogP contribution in [-0.4, -0.2) is 12.5 Å². The highest BCUT2D eigenvalue weighted by Gasteiger charge is 2.20. The lowest BCUT2D eigenvalue weighted by atomic mass is 9.81. The quantitative estimate of drug-likeness (QED) is 0.856. The first kappa shape index (κ1) is 15.5. The average molecular weight is 342 g/mol. The van der Waals surface area contributed by atoms with Crippen LogP contribution >= 0.6 is 15.9 Å². The Kier molecular flexibility index (Phi) is 5.58. The van der Waals surface area contributed by atoms with Crippen LogP contribution in [0.1, 0.15) is 49.4 Å². The maximum absolute atomic E-state index is 13.4. The molecular weight excluding hydrogens is 321 g/mol. The molecule has 1 saturated carbocycles. The fourth-order valence-electron chi connectivity index (χ4n) is 2.82. The normalized spacial score (nSPS) is 22.6. The van der Waals surface area contributed by atoms with Gasteiger partial charge in [0.2, 0.25) is 0 Å². The molecule has 1 aliphatic rings. The minimum atomic E-state index is -0.402. The van der Waals surface area contributed by atoms with Gasteiger partial charge in [-0.1, -0.05) is 26.2 Å². The second kappa shape index (κ2) is 7.21. The Morgan fingerprint density at radius 3 is 2.55 bits per heavy atom. The van der Waals surface area contributed by atoms with Crippen molar-refractivity contribution < 1.29 is 9.18 Å². The van der Waals surface area contributed by atoms with Crippen molar-refractivity contribution in [1.82, 2.24) is 5.32 Å². The maximum Gasteiger partial charge on any atom is 0.251 e. The monoisotopic (exact) mass is 341 g/mol. The minimum Gasteiger partial charge on any atom is -0.352 e. The van der Waals surface area contributed by atoms with E-state index < -0.39 is 5.82 Å². The lowest BCUT2D eigenvalue weighted by Gasteiger charge is -2.27. The van der Waals surface area contributed by atoms with E-state index in [1.54, 1.807) is 12.1 Å². The van der Waals surface area contributed by atoms with Gasteiger partial charge in [0.05, 0.1) is 4.47 Å². The molecule has 20 heavy (non-hydrogen) atoms. The van der Waals surface area contributed by atoms with Gasteiger partial charge in [0, 0.05) is 12.1 Å². The van der Waals surface area contributed by atoms with Gasteiger partial charge in [0.15, 0.2) is 0 Å². The number of hydrogen-bond acceptors (Lipinski definition) is 1. The molecule has 0 spiro atoms. The van der Waals surface area contributed by atoms with Crippen molar-refractivity contribution in [1.29, 1.82) is 0 Å². The molecule has 110 valence electrons. The molecule has 4 heteroatoms. The lowest BCUT2D eigenvalue weighted by Crippen LogP contribution is -2.31. The first-order chi connectivity index (χ1) is 9.60. The van der Waals surface area contributed by atoms with Gasteiger partial charge in [-0.05, 0) is 58.8 Å². The van der Waals surface area contributed by atoms with Gasteiger partial charge in [-0.25, -0.2) is 4.39 Å². The Bertz CT molecular complexity index is 470. The van der Waals surface area contributed by atoms with Crippen molar-refractivity contribution in [3.63, 3.8) is 0 Å². The van der Waals surface area contributed by atoms with Crippen molar-refractivity contribution in [2.75, 3.05) is 6.54 Å². The van der Waals surface area contributed by atoms with Gasteiger partial charge < -0.3 is 5.32 Å². The molecular formula is C16H21BrFNO. The van der Waals surface area contributed by atoms with Gasteiger partial charge in [0.1, 0.15) is 5.82 Å². The molecule has 0 aliphatic heterocycles. The van der Waals surface area contributed by atoms with Crippen LogP contribution < -0.4 is 5.32 Å². The van der Waals surface area contributed by atoms with Gasteiger partial charge in [0.25, 0.3) is 5.91 Å². The Morgan fingerprint density at radius 1 is 1.30 bits per heavy atom. The number of halogens is 2. The van der Waals surface area contributed by atoms with Crippen molar-refractivity contribution >= 4 is 21.8 Å². The van der Waals surface area contributed by atoms with E-state index in [2.05, 4.69) is 28.2 Å². The summed E-state index contributed by atoms with van der Waals surface area (Å²) in [6.07, 6.45) is 6.17. The predicted octanol–water partition coefficient (Wildman–Crippen LogP) is 4.53. The van der Waals surface area contributed by atoms with Crippen LogP contribution in [-0.2, 0) is 0 Å². The van der Waals surface area contributed by atoms with E-state index in [0.717, 1.165) is 5.92 Å². The average Bonchev–Trinajstić information content (AvgIpc) is 2.48. The van der Waals surface area contributed by atoms with Crippen LogP contribution in [0, 0.1) is 17.7 Å². The van der Waals surface area contributed by atoms with Crippen LogP contribution in [0.25, 0.3) is 0 Å². The Labute approximate surface area is 128 Å². The van der Waals surface area contributed by atoms with Crippen LogP contribution in [0.2, 0.25) is 0 Å². The van der Waals surface area contributed by atoms with Crippen LogP contribution in [0.3, 0.4) is 0 Å². The first-order valence-electron chi connectivity index (χ1n) is 7.33. The van der Waals surface area contributed by atoms with Gasteiger partial charge in [-0.3, -0.25) is 4.79 Å². The SMILES string of the molecule is CCC1CCC(CNC(=O)c2ccc(Br)c(F)c2)CC1. The molecule has 0 unspecified atom stereocenters. The Balaban J connectivity index is 1.82. The fraction of sp³-hybridized carbons (Fsp3) is 0.562. The number of rotatable bonds is 4. The summed E-state index contributed by atoms with van der Waals surface area (Å²) in [5.41, 5.74) is 0.382. The lowest BCUT2D eigenvalue weighted by molar-refractivity contribution is 0.0940. The zero-order valence-electron chi connectivity index (χ0n) is 11.8. The minimum absolute atomic E-state index is 0.186. The number of benzene rings is 1. The highest BCUT2D eigenvalue weighted by atomic mass is 79.9. The fourth-order valence-corrected chi connectivity index (χ4v) is 3.07. The molecule has 1 amide bonds. The standard InChI is InChI=1S/C16H21BrFNO/c1-2-11-3-5-12(6-4-11)10-19-16(20)13-7-8-14(17)15(18)9-13/h7-9,11-12H,2-6,10H2,1H3,(H,19,20). The van der Waals surface area contributed by atoms with E-state index >= 15 is 0 Å². The third kappa shape index (κ3) is 4.05. The number of carbonyl (C=O) groups excluding carboxylic acids is 1. The maximum atomic E-state index is 13.4. The smallest absolute Gasteiger partial charge is 0.251 e. The molecule has 0 aromatic heterocycles. The molecule has 1 aliphatic carbocycles. The second-order valence-corrected chi connectivity index (χ2v) is 6.49. The summed E-state index contributed by atoms with van der Waals surface area (Å²) in [6, 6.07) is 4.47. The van der Waals surface area contributed by atoms with Crippen molar-refractivity contribution in [3.8, 4) is 0 Å². The van der Waals surface area contributed by atoms with Gasteiger partial charge in [-0.2, -0.15) is 0 Å². The molecule has 1 fully saturated rings. The van der Waals surface area contributed by atoms with Crippen LogP contribution in [0.4, 0.5) is 4.39 Å². The zero-order chi connectivity index (χ0) is 14.5. The topological polar surface area (TPSA) is 29.1 Å². The van der Waals surface area contributed by atoms with E-state index in [1.165, 1.54) is 38.2 Å². The number of hydrogen-bond donors (Lipinski definition) is 1. The largest absolute Gasteiger partial charge is 0.352 e. The Hall–Kier alpha value is -0.900. The highest BCUT2D eigenvalue weighted by Crippen LogP contribution is 2.30. The summed E-state index contributed by atoms with van der Waals surface area (Å²) in [5.74, 6) is 0.847. The van der Waals surface area contributed by atoms with Crippen molar-refractivity contribution in [3.05, 3.63) is 34.1 Å². The highest BCUT2D eigenvalue weighted by molar-refractivity contribution is 9.10. The molecule has 2 nitrogen and oxygen atoms in total. The third-order valence-corrected chi connectivity index (χ3v) is 4.92. The molecule has 0 saturated heterocycles. The third-order valence-electron chi connectivity index (χ3n) is 4.28. The van der Waals surface area contributed by atoms with E-state index in [4.69, 9.17) is 0 Å². The molecule has 2 rings (SSSR count). The number of nitrogens with one attached hydrogen (secondary N) is 1. The number of carbonyl (C=O) groups is 1. The van der Waals surface area contributed by atoms with E-state index in [-0.39, 0.29) is 5.91 Å². The summed E-state index contributed by atoms with van der Waals surface area (Å²) in [6.45, 7) is 2.95. The zero-order valence-corrected chi connectivity index (χ0v) is 13.4. The molecule has 1 aromatic carbocycles. The first-order valence-corrected chi connectivity index (χ1v) is 8.12. The molecule has 1 N–H and O–H groups in total. The van der Waals surface area contributed by atoms with Gasteiger partial charge >= 0.3 is 0 Å². The summed E-state index contributed by atoms with van der Waals surface area (Å²) in [5, 5.41) is 2.93. The van der Waals surface area contributed by atoms with E-state index in [9.17, 15) is 9.18 Å². The Morgan fingerprint density at radius 2 is 1.95 bits per heavy atom. The summed E-state index contributed by atoms with van der Waals surface area (Å²) >= 11 is 3.09. The van der Waals surface area contributed by atoms with E-state index in [1.807, 2.05) is 0 Å². The summed E-state index contributed by atoms with van der Waals surface area (Å²) in [7, 11) is 0.